The third-order valence-electron chi connectivity index (χ3n) is 3.27. The van der Waals surface area contributed by atoms with E-state index >= 15 is 0 Å². The number of para-hydroxylation sites is 1. The Kier molecular flexibility index (Phi) is 5.55. The smallest absolute Gasteiger partial charge is 0.244 e. The lowest BCUT2D eigenvalue weighted by Gasteiger charge is -2.32. The molecule has 0 fully saturated rings. The van der Waals surface area contributed by atoms with Gasteiger partial charge in [0.25, 0.3) is 0 Å². The highest BCUT2D eigenvalue weighted by Crippen LogP contribution is 2.22. The van der Waals surface area contributed by atoms with Crippen LogP contribution in [0.4, 0.5) is 5.69 Å². The molecule has 3 nitrogen and oxygen atoms in total. The molecule has 0 radical (unpaired) electrons. The summed E-state index contributed by atoms with van der Waals surface area (Å²) in [5.41, 5.74) is 6.82. The van der Waals surface area contributed by atoms with E-state index in [1.54, 1.807) is 0 Å². The molecular weight excluding hydrogens is 236 g/mol. The predicted molar refractivity (Wildman–Crippen MR) is 81.1 cm³/mol. The van der Waals surface area contributed by atoms with E-state index in [1.165, 1.54) is 0 Å². The van der Waals surface area contributed by atoms with E-state index in [0.717, 1.165) is 25.1 Å². The Morgan fingerprint density at radius 2 is 1.84 bits per heavy atom. The highest BCUT2D eigenvalue weighted by Gasteiger charge is 2.31. The Hall–Kier alpha value is -1.35. The topological polar surface area (TPSA) is 46.3 Å². The summed E-state index contributed by atoms with van der Waals surface area (Å²) < 4.78 is 0. The summed E-state index contributed by atoms with van der Waals surface area (Å²) in [6.07, 6.45) is 2.04. The number of nitrogens with zero attached hydrogens (tertiary/aromatic N) is 1. The maximum Gasteiger partial charge on any atom is 0.244 e. The van der Waals surface area contributed by atoms with Gasteiger partial charge in [0.1, 0.15) is 0 Å². The second-order valence-corrected chi connectivity index (χ2v) is 6.02. The number of anilines is 1. The van der Waals surface area contributed by atoms with E-state index in [4.69, 9.17) is 5.73 Å². The Morgan fingerprint density at radius 3 is 2.32 bits per heavy atom. The zero-order valence-electron chi connectivity index (χ0n) is 12.5. The standard InChI is InChI=1S/C16H26N2O/c1-5-6-12-18(13-10-8-7-9-11-13)15(19)14(17)16(2,3)4/h7-11,14H,5-6,12,17H2,1-4H3. The SMILES string of the molecule is CCCCN(C(=O)C(N)C(C)(C)C)c1ccccc1. The molecule has 0 saturated heterocycles. The molecule has 1 aromatic carbocycles. The van der Waals surface area contributed by atoms with E-state index in [9.17, 15) is 4.79 Å². The van der Waals surface area contributed by atoms with Crippen LogP contribution in [0.15, 0.2) is 30.3 Å². The summed E-state index contributed by atoms with van der Waals surface area (Å²) in [6, 6.07) is 9.29. The molecule has 1 amide bonds. The van der Waals surface area contributed by atoms with Crippen LogP contribution in [0.25, 0.3) is 0 Å². The van der Waals surface area contributed by atoms with Gasteiger partial charge in [-0.1, -0.05) is 52.3 Å². The molecule has 1 unspecified atom stereocenters. The molecule has 0 aromatic heterocycles. The monoisotopic (exact) mass is 262 g/mol. The summed E-state index contributed by atoms with van der Waals surface area (Å²) in [5, 5.41) is 0. The average molecular weight is 262 g/mol. The van der Waals surface area contributed by atoms with Gasteiger partial charge in [-0.05, 0) is 24.0 Å². The quantitative estimate of drug-likeness (QED) is 0.885. The van der Waals surface area contributed by atoms with Gasteiger partial charge in [0.05, 0.1) is 6.04 Å². The number of carbonyl (C=O) groups is 1. The maximum atomic E-state index is 12.6. The molecule has 0 aliphatic rings. The summed E-state index contributed by atoms with van der Waals surface area (Å²) >= 11 is 0. The van der Waals surface area contributed by atoms with Crippen LogP contribution in [0, 0.1) is 5.41 Å². The second kappa shape index (κ2) is 6.71. The molecule has 0 aliphatic heterocycles. The lowest BCUT2D eigenvalue weighted by Crippen LogP contribution is -2.51. The Balaban J connectivity index is 2.95. The van der Waals surface area contributed by atoms with Crippen molar-refractivity contribution in [2.45, 2.75) is 46.6 Å². The van der Waals surface area contributed by atoms with E-state index in [-0.39, 0.29) is 11.3 Å². The first kappa shape index (κ1) is 15.7. The molecule has 0 heterocycles. The Morgan fingerprint density at radius 1 is 1.26 bits per heavy atom. The van der Waals surface area contributed by atoms with Crippen molar-refractivity contribution in [3.05, 3.63) is 30.3 Å². The summed E-state index contributed by atoms with van der Waals surface area (Å²) in [4.78, 5) is 14.4. The van der Waals surface area contributed by atoms with Gasteiger partial charge in [-0.15, -0.1) is 0 Å². The molecule has 1 atom stereocenters. The number of rotatable bonds is 5. The number of unbranched alkanes of at least 4 members (excludes halogenated alkanes) is 1. The molecule has 0 saturated carbocycles. The number of hydrogen-bond acceptors (Lipinski definition) is 2. The van der Waals surface area contributed by atoms with Crippen molar-refractivity contribution >= 4 is 11.6 Å². The van der Waals surface area contributed by atoms with Crippen molar-refractivity contribution in [1.82, 2.24) is 0 Å². The van der Waals surface area contributed by atoms with Gasteiger partial charge in [0.2, 0.25) is 5.91 Å². The Labute approximate surface area is 116 Å². The van der Waals surface area contributed by atoms with Crippen LogP contribution < -0.4 is 10.6 Å². The molecule has 2 N–H and O–H groups in total. The van der Waals surface area contributed by atoms with Crippen LogP contribution in [0.1, 0.15) is 40.5 Å². The number of benzene rings is 1. The van der Waals surface area contributed by atoms with Crippen molar-refractivity contribution in [3.8, 4) is 0 Å². The summed E-state index contributed by atoms with van der Waals surface area (Å²) in [6.45, 7) is 8.84. The van der Waals surface area contributed by atoms with Crippen LogP contribution in [-0.4, -0.2) is 18.5 Å². The van der Waals surface area contributed by atoms with Gasteiger partial charge in [-0.3, -0.25) is 4.79 Å². The molecule has 0 bridgehead atoms. The molecule has 1 aromatic rings. The summed E-state index contributed by atoms with van der Waals surface area (Å²) in [5.74, 6) is 0.00662. The van der Waals surface area contributed by atoms with Crippen molar-refractivity contribution in [1.29, 1.82) is 0 Å². The number of carbonyl (C=O) groups excluding carboxylic acids is 1. The molecule has 106 valence electrons. The fraction of sp³-hybridized carbons (Fsp3) is 0.562. The lowest BCUT2D eigenvalue weighted by atomic mass is 9.86. The minimum Gasteiger partial charge on any atom is -0.319 e. The largest absolute Gasteiger partial charge is 0.319 e. The minimum atomic E-state index is -0.482. The number of nitrogens with two attached hydrogens (primary N) is 1. The number of hydrogen-bond donors (Lipinski definition) is 1. The molecule has 0 aliphatic carbocycles. The second-order valence-electron chi connectivity index (χ2n) is 6.02. The Bertz CT molecular complexity index is 395. The minimum absolute atomic E-state index is 0.00662. The van der Waals surface area contributed by atoms with Crippen LogP contribution in [-0.2, 0) is 4.79 Å². The van der Waals surface area contributed by atoms with Crippen molar-refractivity contribution < 1.29 is 4.79 Å². The van der Waals surface area contributed by atoms with E-state index in [1.807, 2.05) is 56.0 Å². The van der Waals surface area contributed by atoms with Crippen LogP contribution in [0.3, 0.4) is 0 Å². The molecule has 1 rings (SSSR count). The van der Waals surface area contributed by atoms with Crippen LogP contribution in [0.5, 0.6) is 0 Å². The third kappa shape index (κ3) is 4.35. The van der Waals surface area contributed by atoms with Gasteiger partial charge < -0.3 is 10.6 Å². The zero-order valence-corrected chi connectivity index (χ0v) is 12.5. The van der Waals surface area contributed by atoms with Crippen LogP contribution >= 0.6 is 0 Å². The molecule has 0 spiro atoms. The highest BCUT2D eigenvalue weighted by atomic mass is 16.2. The first-order valence-corrected chi connectivity index (χ1v) is 7.00. The summed E-state index contributed by atoms with van der Waals surface area (Å²) in [7, 11) is 0. The van der Waals surface area contributed by atoms with Crippen LogP contribution in [0.2, 0.25) is 0 Å². The third-order valence-corrected chi connectivity index (χ3v) is 3.27. The van der Waals surface area contributed by atoms with E-state index < -0.39 is 6.04 Å². The fourth-order valence-electron chi connectivity index (χ4n) is 1.83. The maximum absolute atomic E-state index is 12.6. The zero-order chi connectivity index (χ0) is 14.5. The van der Waals surface area contributed by atoms with Gasteiger partial charge in [0.15, 0.2) is 0 Å². The first-order chi connectivity index (χ1) is 8.88. The number of amides is 1. The molecular formula is C16H26N2O. The average Bonchev–Trinajstić information content (AvgIpc) is 2.38. The van der Waals surface area contributed by atoms with Gasteiger partial charge in [-0.2, -0.15) is 0 Å². The predicted octanol–water partition coefficient (Wildman–Crippen LogP) is 3.19. The van der Waals surface area contributed by atoms with E-state index in [2.05, 4.69) is 6.92 Å². The normalized spacial score (nSPS) is 13.1. The van der Waals surface area contributed by atoms with Gasteiger partial charge in [-0.25, -0.2) is 0 Å². The highest BCUT2D eigenvalue weighted by molar-refractivity contribution is 5.97. The molecule has 19 heavy (non-hydrogen) atoms. The van der Waals surface area contributed by atoms with Crippen molar-refractivity contribution in [2.75, 3.05) is 11.4 Å². The van der Waals surface area contributed by atoms with E-state index in [0.29, 0.717) is 0 Å². The first-order valence-electron chi connectivity index (χ1n) is 7.00. The fourth-order valence-corrected chi connectivity index (χ4v) is 1.83. The van der Waals surface area contributed by atoms with Gasteiger partial charge >= 0.3 is 0 Å². The van der Waals surface area contributed by atoms with Crippen molar-refractivity contribution in [3.63, 3.8) is 0 Å². The molecule has 3 heteroatoms. The lowest BCUT2D eigenvalue weighted by molar-refractivity contribution is -0.121. The van der Waals surface area contributed by atoms with Crippen molar-refractivity contribution in [2.24, 2.45) is 11.1 Å². The van der Waals surface area contributed by atoms with Gasteiger partial charge in [0, 0.05) is 12.2 Å².